The van der Waals surface area contributed by atoms with E-state index in [1.54, 1.807) is 4.68 Å². The van der Waals surface area contributed by atoms with Crippen LogP contribution in [0.3, 0.4) is 0 Å². The second-order valence-corrected chi connectivity index (χ2v) is 7.42. The SMILES string of the molecule is CCOc1ccccc1C(=O)N1CCN(Cc2nnnn2-c2ccc(Cl)cc2)CC1. The minimum absolute atomic E-state index is 0.00435. The highest BCUT2D eigenvalue weighted by Crippen LogP contribution is 2.21. The molecule has 0 N–H and O–H groups in total. The number of piperazine rings is 1. The number of halogens is 1. The zero-order chi connectivity index (χ0) is 20.9. The predicted molar refractivity (Wildman–Crippen MR) is 113 cm³/mol. The third kappa shape index (κ3) is 4.44. The van der Waals surface area contributed by atoms with E-state index in [1.165, 1.54) is 0 Å². The highest BCUT2D eigenvalue weighted by molar-refractivity contribution is 6.30. The number of hydrogen-bond acceptors (Lipinski definition) is 6. The second-order valence-electron chi connectivity index (χ2n) is 6.98. The fourth-order valence-corrected chi connectivity index (χ4v) is 3.62. The smallest absolute Gasteiger partial charge is 0.257 e. The third-order valence-corrected chi connectivity index (χ3v) is 5.30. The Hall–Kier alpha value is -2.97. The van der Waals surface area contributed by atoms with Gasteiger partial charge in [-0.15, -0.1) is 5.10 Å². The fraction of sp³-hybridized carbons (Fsp3) is 0.333. The Bertz CT molecular complexity index is 999. The van der Waals surface area contributed by atoms with Crippen molar-refractivity contribution >= 4 is 17.5 Å². The van der Waals surface area contributed by atoms with Crippen molar-refractivity contribution in [3.63, 3.8) is 0 Å². The predicted octanol–water partition coefficient (Wildman–Crippen LogP) is 2.67. The molecule has 0 aliphatic carbocycles. The Morgan fingerprint density at radius 3 is 2.53 bits per heavy atom. The van der Waals surface area contributed by atoms with Gasteiger partial charge in [-0.25, -0.2) is 0 Å². The lowest BCUT2D eigenvalue weighted by molar-refractivity contribution is 0.0620. The molecule has 4 rings (SSSR count). The van der Waals surface area contributed by atoms with Gasteiger partial charge in [0, 0.05) is 31.2 Å². The van der Waals surface area contributed by atoms with Crippen LogP contribution in [0, 0.1) is 0 Å². The van der Waals surface area contributed by atoms with E-state index in [4.69, 9.17) is 16.3 Å². The van der Waals surface area contributed by atoms with Gasteiger partial charge in [0.2, 0.25) is 0 Å². The summed E-state index contributed by atoms with van der Waals surface area (Å²) in [7, 11) is 0. The van der Waals surface area contributed by atoms with Gasteiger partial charge in [-0.3, -0.25) is 9.69 Å². The summed E-state index contributed by atoms with van der Waals surface area (Å²) in [5.74, 6) is 1.39. The number of benzene rings is 2. The van der Waals surface area contributed by atoms with Crippen LogP contribution in [0.5, 0.6) is 5.75 Å². The number of tetrazole rings is 1. The number of carbonyl (C=O) groups excluding carboxylic acids is 1. The van der Waals surface area contributed by atoms with Crippen LogP contribution in [0.25, 0.3) is 5.69 Å². The van der Waals surface area contributed by atoms with Crippen LogP contribution < -0.4 is 4.74 Å². The van der Waals surface area contributed by atoms with E-state index in [-0.39, 0.29) is 5.91 Å². The molecule has 30 heavy (non-hydrogen) atoms. The van der Waals surface area contributed by atoms with Gasteiger partial charge in [-0.05, 0) is 53.7 Å². The summed E-state index contributed by atoms with van der Waals surface area (Å²) in [5, 5.41) is 12.8. The van der Waals surface area contributed by atoms with Crippen molar-refractivity contribution in [3.8, 4) is 11.4 Å². The summed E-state index contributed by atoms with van der Waals surface area (Å²) in [6, 6.07) is 14.8. The first-order valence-electron chi connectivity index (χ1n) is 9.92. The summed E-state index contributed by atoms with van der Waals surface area (Å²) in [6.45, 7) is 5.82. The summed E-state index contributed by atoms with van der Waals surface area (Å²) in [4.78, 5) is 17.1. The molecule has 1 aliphatic heterocycles. The Labute approximate surface area is 180 Å². The Balaban J connectivity index is 1.39. The number of para-hydroxylation sites is 1. The van der Waals surface area contributed by atoms with Gasteiger partial charge >= 0.3 is 0 Å². The van der Waals surface area contributed by atoms with Gasteiger partial charge in [0.15, 0.2) is 5.82 Å². The largest absolute Gasteiger partial charge is 0.493 e. The van der Waals surface area contributed by atoms with Crippen LogP contribution >= 0.6 is 11.6 Å². The highest BCUT2D eigenvalue weighted by Gasteiger charge is 2.25. The molecule has 1 amide bonds. The average Bonchev–Trinajstić information content (AvgIpc) is 3.23. The quantitative estimate of drug-likeness (QED) is 0.603. The van der Waals surface area contributed by atoms with Crippen LogP contribution in [0.2, 0.25) is 5.02 Å². The van der Waals surface area contributed by atoms with Crippen molar-refractivity contribution in [2.75, 3.05) is 32.8 Å². The lowest BCUT2D eigenvalue weighted by Gasteiger charge is -2.34. The second kappa shape index (κ2) is 9.23. The third-order valence-electron chi connectivity index (χ3n) is 5.05. The molecule has 2 aromatic carbocycles. The average molecular weight is 427 g/mol. The molecule has 0 bridgehead atoms. The van der Waals surface area contributed by atoms with Crippen LogP contribution in [0.15, 0.2) is 48.5 Å². The molecular weight excluding hydrogens is 404 g/mol. The molecular formula is C21H23ClN6O2. The van der Waals surface area contributed by atoms with Gasteiger partial charge in [0.25, 0.3) is 5.91 Å². The van der Waals surface area contributed by atoms with Gasteiger partial charge in [-0.1, -0.05) is 23.7 Å². The van der Waals surface area contributed by atoms with Crippen LogP contribution in [-0.4, -0.2) is 68.7 Å². The molecule has 0 radical (unpaired) electrons. The molecule has 1 aliphatic rings. The van der Waals surface area contributed by atoms with E-state index >= 15 is 0 Å². The van der Waals surface area contributed by atoms with E-state index in [9.17, 15) is 4.79 Å². The zero-order valence-corrected chi connectivity index (χ0v) is 17.5. The molecule has 8 nitrogen and oxygen atoms in total. The number of ether oxygens (including phenoxy) is 1. The molecule has 156 valence electrons. The van der Waals surface area contributed by atoms with Crippen LogP contribution in [0.1, 0.15) is 23.1 Å². The molecule has 0 saturated carbocycles. The molecule has 1 fully saturated rings. The minimum Gasteiger partial charge on any atom is -0.493 e. The van der Waals surface area contributed by atoms with Crippen molar-refractivity contribution in [2.45, 2.75) is 13.5 Å². The first-order valence-corrected chi connectivity index (χ1v) is 10.3. The molecule has 0 atom stereocenters. The van der Waals surface area contributed by atoms with Crippen molar-refractivity contribution in [2.24, 2.45) is 0 Å². The number of nitrogens with zero attached hydrogens (tertiary/aromatic N) is 6. The summed E-state index contributed by atoms with van der Waals surface area (Å²) in [5.41, 5.74) is 1.47. The van der Waals surface area contributed by atoms with Gasteiger partial charge < -0.3 is 9.64 Å². The molecule has 1 saturated heterocycles. The monoisotopic (exact) mass is 426 g/mol. The minimum atomic E-state index is 0.00435. The summed E-state index contributed by atoms with van der Waals surface area (Å²) >= 11 is 5.97. The van der Waals surface area contributed by atoms with E-state index in [1.807, 2.05) is 60.4 Å². The van der Waals surface area contributed by atoms with Gasteiger partial charge in [-0.2, -0.15) is 4.68 Å². The molecule has 3 aromatic rings. The highest BCUT2D eigenvalue weighted by atomic mass is 35.5. The van der Waals surface area contributed by atoms with Crippen LogP contribution in [-0.2, 0) is 6.54 Å². The van der Waals surface area contributed by atoms with Gasteiger partial charge in [0.05, 0.1) is 24.4 Å². The topological polar surface area (TPSA) is 76.4 Å². The molecule has 0 spiro atoms. The van der Waals surface area contributed by atoms with E-state index in [0.717, 1.165) is 24.6 Å². The molecule has 9 heteroatoms. The first kappa shape index (κ1) is 20.3. The summed E-state index contributed by atoms with van der Waals surface area (Å²) in [6.07, 6.45) is 0. The Morgan fingerprint density at radius 2 is 1.80 bits per heavy atom. The van der Waals surface area contributed by atoms with Crippen molar-refractivity contribution in [1.82, 2.24) is 30.0 Å². The van der Waals surface area contributed by atoms with Crippen molar-refractivity contribution in [1.29, 1.82) is 0 Å². The van der Waals surface area contributed by atoms with E-state index in [2.05, 4.69) is 20.4 Å². The van der Waals surface area contributed by atoms with E-state index < -0.39 is 0 Å². The fourth-order valence-electron chi connectivity index (χ4n) is 3.49. The lowest BCUT2D eigenvalue weighted by Crippen LogP contribution is -2.48. The van der Waals surface area contributed by atoms with Gasteiger partial charge in [0.1, 0.15) is 5.75 Å². The maximum Gasteiger partial charge on any atom is 0.257 e. The molecule has 2 heterocycles. The molecule has 1 aromatic heterocycles. The maximum atomic E-state index is 13.0. The maximum absolute atomic E-state index is 13.0. The van der Waals surface area contributed by atoms with Crippen molar-refractivity contribution < 1.29 is 9.53 Å². The van der Waals surface area contributed by atoms with Crippen molar-refractivity contribution in [3.05, 3.63) is 64.9 Å². The summed E-state index contributed by atoms with van der Waals surface area (Å²) < 4.78 is 7.33. The molecule has 0 unspecified atom stereocenters. The Kier molecular flexibility index (Phi) is 6.25. The van der Waals surface area contributed by atoms with Crippen LogP contribution in [0.4, 0.5) is 0 Å². The number of carbonyl (C=O) groups is 1. The number of aromatic nitrogens is 4. The lowest BCUT2D eigenvalue weighted by atomic mass is 10.1. The first-order chi connectivity index (χ1) is 14.7. The number of amides is 1. The standard InChI is InChI=1S/C21H23ClN6O2/c1-2-30-19-6-4-3-5-18(19)21(29)27-13-11-26(12-14-27)15-20-23-24-25-28(20)17-9-7-16(22)8-10-17/h3-10H,2,11-15H2,1H3. The normalized spacial score (nSPS) is 14.7. The number of hydrogen-bond donors (Lipinski definition) is 0. The Morgan fingerprint density at radius 1 is 1.07 bits per heavy atom. The van der Waals surface area contributed by atoms with E-state index in [0.29, 0.717) is 42.6 Å². The number of rotatable bonds is 6. The zero-order valence-electron chi connectivity index (χ0n) is 16.7.